The molecule has 1 aromatic carbocycles. The number of nitrogens with one attached hydrogen (secondary N) is 1. The zero-order chi connectivity index (χ0) is 14.6. The average Bonchev–Trinajstić information content (AvgIpc) is 2.38. The van der Waals surface area contributed by atoms with Crippen LogP contribution in [0.1, 0.15) is 31.2 Å². The highest BCUT2D eigenvalue weighted by molar-refractivity contribution is 7.88. The Morgan fingerprint density at radius 3 is 2.75 bits per heavy atom. The molecule has 0 heterocycles. The molecule has 2 atom stereocenters. The van der Waals surface area contributed by atoms with Gasteiger partial charge in [-0.25, -0.2) is 17.5 Å². The van der Waals surface area contributed by atoms with Gasteiger partial charge in [0.05, 0.1) is 5.75 Å². The van der Waals surface area contributed by atoms with E-state index in [2.05, 4.69) is 4.72 Å². The second-order valence-corrected chi connectivity index (χ2v) is 7.15. The summed E-state index contributed by atoms with van der Waals surface area (Å²) in [5.41, 5.74) is 6.16. The van der Waals surface area contributed by atoms with Crippen LogP contribution in [0, 0.1) is 11.7 Å². The van der Waals surface area contributed by atoms with Crippen LogP contribution in [0.4, 0.5) is 4.39 Å². The van der Waals surface area contributed by atoms with Crippen LogP contribution in [-0.2, 0) is 15.8 Å². The number of sulfonamides is 1. The minimum Gasteiger partial charge on any atom is -0.330 e. The molecule has 1 fully saturated rings. The quantitative estimate of drug-likeness (QED) is 0.870. The lowest BCUT2D eigenvalue weighted by Crippen LogP contribution is -2.45. The second-order valence-electron chi connectivity index (χ2n) is 5.39. The molecule has 0 aliphatic heterocycles. The Kier molecular flexibility index (Phi) is 5.12. The molecule has 0 aromatic heterocycles. The molecule has 1 aliphatic rings. The van der Waals surface area contributed by atoms with Crippen LogP contribution in [-0.4, -0.2) is 21.0 Å². The van der Waals surface area contributed by atoms with E-state index >= 15 is 0 Å². The lowest BCUT2D eigenvalue weighted by Gasteiger charge is -2.31. The normalized spacial score (nSPS) is 23.7. The third-order valence-electron chi connectivity index (χ3n) is 3.79. The molecular formula is C14H21FN2O2S. The largest absolute Gasteiger partial charge is 0.330 e. The van der Waals surface area contributed by atoms with Gasteiger partial charge in [-0.05, 0) is 43.0 Å². The van der Waals surface area contributed by atoms with Gasteiger partial charge in [-0.1, -0.05) is 25.0 Å². The standard InChI is InChI=1S/C14H21FN2O2S/c15-13-6-3-4-11(8-13)10-20(18,19)17-14-7-2-1-5-12(14)9-16/h3-4,6,8,12,14,17H,1-2,5,7,9-10,16H2/t12-,14+/m0/s1. The molecule has 1 aromatic rings. The smallest absolute Gasteiger partial charge is 0.216 e. The van der Waals surface area contributed by atoms with Crippen LogP contribution in [0.2, 0.25) is 0 Å². The van der Waals surface area contributed by atoms with E-state index in [0.717, 1.165) is 25.7 Å². The van der Waals surface area contributed by atoms with Crippen LogP contribution < -0.4 is 10.5 Å². The molecule has 20 heavy (non-hydrogen) atoms. The molecule has 0 amide bonds. The monoisotopic (exact) mass is 300 g/mol. The maximum atomic E-state index is 13.1. The van der Waals surface area contributed by atoms with E-state index in [1.165, 1.54) is 18.2 Å². The maximum absolute atomic E-state index is 13.1. The summed E-state index contributed by atoms with van der Waals surface area (Å²) >= 11 is 0. The molecule has 1 saturated carbocycles. The molecule has 0 saturated heterocycles. The molecule has 2 rings (SSSR count). The number of hydrogen-bond acceptors (Lipinski definition) is 3. The van der Waals surface area contributed by atoms with Gasteiger partial charge in [0.2, 0.25) is 10.0 Å². The molecule has 3 N–H and O–H groups in total. The van der Waals surface area contributed by atoms with Gasteiger partial charge in [-0.3, -0.25) is 0 Å². The summed E-state index contributed by atoms with van der Waals surface area (Å²) in [6, 6.07) is 5.59. The lowest BCUT2D eigenvalue weighted by atomic mass is 9.85. The number of halogens is 1. The Hall–Kier alpha value is -0.980. The first-order valence-electron chi connectivity index (χ1n) is 6.95. The van der Waals surface area contributed by atoms with Crippen molar-refractivity contribution < 1.29 is 12.8 Å². The van der Waals surface area contributed by atoms with Gasteiger partial charge in [-0.2, -0.15) is 0 Å². The van der Waals surface area contributed by atoms with Crippen molar-refractivity contribution in [2.24, 2.45) is 11.7 Å². The van der Waals surface area contributed by atoms with Gasteiger partial charge in [-0.15, -0.1) is 0 Å². The van der Waals surface area contributed by atoms with Crippen molar-refractivity contribution in [3.8, 4) is 0 Å². The first-order chi connectivity index (χ1) is 9.50. The van der Waals surface area contributed by atoms with Crippen LogP contribution in [0.5, 0.6) is 0 Å². The molecule has 4 nitrogen and oxygen atoms in total. The first kappa shape index (κ1) is 15.4. The van der Waals surface area contributed by atoms with Crippen LogP contribution >= 0.6 is 0 Å². The van der Waals surface area contributed by atoms with Crippen LogP contribution in [0.15, 0.2) is 24.3 Å². The van der Waals surface area contributed by atoms with Crippen molar-refractivity contribution >= 4 is 10.0 Å². The Balaban J connectivity index is 2.03. The second kappa shape index (κ2) is 6.65. The van der Waals surface area contributed by atoms with Gasteiger partial charge in [0.15, 0.2) is 0 Å². The van der Waals surface area contributed by atoms with E-state index in [-0.39, 0.29) is 17.7 Å². The van der Waals surface area contributed by atoms with E-state index in [0.29, 0.717) is 12.1 Å². The van der Waals surface area contributed by atoms with E-state index in [4.69, 9.17) is 5.73 Å². The van der Waals surface area contributed by atoms with Gasteiger partial charge in [0.25, 0.3) is 0 Å². The van der Waals surface area contributed by atoms with Crippen molar-refractivity contribution in [2.75, 3.05) is 6.54 Å². The fourth-order valence-corrected chi connectivity index (χ4v) is 4.24. The van der Waals surface area contributed by atoms with Gasteiger partial charge >= 0.3 is 0 Å². The summed E-state index contributed by atoms with van der Waals surface area (Å²) in [6.45, 7) is 0.493. The summed E-state index contributed by atoms with van der Waals surface area (Å²) in [7, 11) is -3.47. The minimum atomic E-state index is -3.47. The molecule has 0 radical (unpaired) electrons. The number of rotatable bonds is 5. The van der Waals surface area contributed by atoms with E-state index in [1.807, 2.05) is 0 Å². The molecule has 6 heteroatoms. The number of nitrogens with two attached hydrogens (primary N) is 1. The molecular weight excluding hydrogens is 279 g/mol. The summed E-state index contributed by atoms with van der Waals surface area (Å²) in [4.78, 5) is 0. The van der Waals surface area contributed by atoms with Gasteiger partial charge in [0.1, 0.15) is 5.82 Å². The number of hydrogen-bond donors (Lipinski definition) is 2. The molecule has 0 unspecified atom stereocenters. The van der Waals surface area contributed by atoms with Gasteiger partial charge in [0, 0.05) is 6.04 Å². The highest BCUT2D eigenvalue weighted by atomic mass is 32.2. The fourth-order valence-electron chi connectivity index (χ4n) is 2.76. The number of benzene rings is 1. The first-order valence-corrected chi connectivity index (χ1v) is 8.60. The van der Waals surface area contributed by atoms with Crippen molar-refractivity contribution in [2.45, 2.75) is 37.5 Å². The average molecular weight is 300 g/mol. The Morgan fingerprint density at radius 2 is 2.05 bits per heavy atom. The molecule has 112 valence electrons. The van der Waals surface area contributed by atoms with Crippen molar-refractivity contribution in [1.82, 2.24) is 4.72 Å². The molecule has 0 spiro atoms. The van der Waals surface area contributed by atoms with E-state index in [1.54, 1.807) is 6.07 Å². The fraction of sp³-hybridized carbons (Fsp3) is 0.571. The molecule has 0 bridgehead atoms. The van der Waals surface area contributed by atoms with Crippen molar-refractivity contribution in [3.63, 3.8) is 0 Å². The Bertz CT molecular complexity index is 548. The molecule has 1 aliphatic carbocycles. The summed E-state index contributed by atoms with van der Waals surface area (Å²) < 4.78 is 40.2. The zero-order valence-electron chi connectivity index (χ0n) is 11.4. The Morgan fingerprint density at radius 1 is 1.30 bits per heavy atom. The lowest BCUT2D eigenvalue weighted by molar-refractivity contribution is 0.296. The summed E-state index contributed by atoms with van der Waals surface area (Å²) in [5.74, 6) is -0.417. The van der Waals surface area contributed by atoms with E-state index < -0.39 is 15.8 Å². The third-order valence-corrected chi connectivity index (χ3v) is 5.16. The summed E-state index contributed by atoms with van der Waals surface area (Å²) in [6.07, 6.45) is 3.90. The zero-order valence-corrected chi connectivity index (χ0v) is 12.2. The maximum Gasteiger partial charge on any atom is 0.216 e. The van der Waals surface area contributed by atoms with Crippen LogP contribution in [0.25, 0.3) is 0 Å². The predicted octanol–water partition coefficient (Wildman–Crippen LogP) is 1.76. The SMILES string of the molecule is NC[C@@H]1CCCC[C@H]1NS(=O)(=O)Cc1cccc(F)c1. The van der Waals surface area contributed by atoms with Gasteiger partial charge < -0.3 is 5.73 Å². The highest BCUT2D eigenvalue weighted by Crippen LogP contribution is 2.24. The third kappa shape index (κ3) is 4.26. The van der Waals surface area contributed by atoms with Crippen molar-refractivity contribution in [1.29, 1.82) is 0 Å². The predicted molar refractivity (Wildman–Crippen MR) is 77.0 cm³/mol. The summed E-state index contributed by atoms with van der Waals surface area (Å²) in [5, 5.41) is 0. The van der Waals surface area contributed by atoms with E-state index in [9.17, 15) is 12.8 Å². The minimum absolute atomic E-state index is 0.0905. The Labute approximate surface area is 119 Å². The topological polar surface area (TPSA) is 72.2 Å². The van der Waals surface area contributed by atoms with Crippen molar-refractivity contribution in [3.05, 3.63) is 35.6 Å². The highest BCUT2D eigenvalue weighted by Gasteiger charge is 2.27. The van der Waals surface area contributed by atoms with Crippen LogP contribution in [0.3, 0.4) is 0 Å².